The molecule has 1 aromatic heterocycles. The zero-order valence-corrected chi connectivity index (χ0v) is 18.5. The van der Waals surface area contributed by atoms with Crippen molar-refractivity contribution in [1.82, 2.24) is 4.57 Å². The van der Waals surface area contributed by atoms with Gasteiger partial charge in [-0.15, -0.1) is 11.6 Å². The summed E-state index contributed by atoms with van der Waals surface area (Å²) in [5.41, 5.74) is 2.09. The largest absolute Gasteiger partial charge is 0.364 e. The highest BCUT2D eigenvalue weighted by Crippen LogP contribution is 2.19. The standard InChI is InChI=1S/C21H22Cl2N2O4S/c22-10-11-24(12-13-29-30(23)27)20-14-18-8-4-5-9-19(18)25(21(20)26)16-28-15-17-6-2-1-3-7-17/h1-9,14H,10-13,15-16H2. The lowest BCUT2D eigenvalue weighted by molar-refractivity contribution is 0.0647. The molecule has 0 saturated heterocycles. The van der Waals surface area contributed by atoms with Crippen LogP contribution in [-0.2, 0) is 32.6 Å². The highest BCUT2D eigenvalue weighted by atomic mass is 35.7. The van der Waals surface area contributed by atoms with Gasteiger partial charge in [0.05, 0.1) is 18.7 Å². The van der Waals surface area contributed by atoms with Crippen molar-refractivity contribution in [1.29, 1.82) is 0 Å². The molecule has 6 nitrogen and oxygen atoms in total. The Morgan fingerprint density at radius 3 is 2.50 bits per heavy atom. The van der Waals surface area contributed by atoms with Gasteiger partial charge in [-0.2, -0.15) is 0 Å². The predicted molar refractivity (Wildman–Crippen MR) is 122 cm³/mol. The average Bonchev–Trinajstić information content (AvgIpc) is 2.75. The van der Waals surface area contributed by atoms with Crippen LogP contribution in [0.1, 0.15) is 5.56 Å². The first kappa shape index (κ1) is 22.8. The lowest BCUT2D eigenvalue weighted by Crippen LogP contribution is -2.36. The highest BCUT2D eigenvalue weighted by Gasteiger charge is 2.16. The number of aromatic nitrogens is 1. The second-order valence-electron chi connectivity index (χ2n) is 6.48. The number of para-hydroxylation sites is 1. The third kappa shape index (κ3) is 6.06. The fourth-order valence-electron chi connectivity index (χ4n) is 3.16. The van der Waals surface area contributed by atoms with E-state index in [0.29, 0.717) is 31.3 Å². The van der Waals surface area contributed by atoms with Gasteiger partial charge in [0.2, 0.25) is 0 Å². The quantitative estimate of drug-likeness (QED) is 0.313. The van der Waals surface area contributed by atoms with E-state index in [-0.39, 0.29) is 18.9 Å². The number of rotatable bonds is 11. The molecule has 0 bridgehead atoms. The number of anilines is 1. The van der Waals surface area contributed by atoms with Crippen molar-refractivity contribution in [3.8, 4) is 0 Å². The average molecular weight is 469 g/mol. The first-order chi connectivity index (χ1) is 14.6. The van der Waals surface area contributed by atoms with Crippen LogP contribution in [-0.4, -0.2) is 34.4 Å². The third-order valence-electron chi connectivity index (χ3n) is 4.55. The van der Waals surface area contributed by atoms with Crippen molar-refractivity contribution in [2.24, 2.45) is 0 Å². The smallest absolute Gasteiger partial charge is 0.276 e. The summed E-state index contributed by atoms with van der Waals surface area (Å²) in [6.45, 7) is 1.36. The van der Waals surface area contributed by atoms with Gasteiger partial charge in [0.25, 0.3) is 15.9 Å². The van der Waals surface area contributed by atoms with Crippen molar-refractivity contribution in [2.45, 2.75) is 13.3 Å². The number of benzene rings is 2. The monoisotopic (exact) mass is 468 g/mol. The van der Waals surface area contributed by atoms with Crippen molar-refractivity contribution in [3.63, 3.8) is 0 Å². The molecule has 3 aromatic rings. The summed E-state index contributed by atoms with van der Waals surface area (Å²) < 4.78 is 23.4. The van der Waals surface area contributed by atoms with Crippen molar-refractivity contribution in [2.75, 3.05) is 30.5 Å². The van der Waals surface area contributed by atoms with Crippen LogP contribution in [0.2, 0.25) is 0 Å². The fourth-order valence-corrected chi connectivity index (χ4v) is 3.76. The minimum Gasteiger partial charge on any atom is -0.364 e. The Hall–Kier alpha value is -1.90. The molecule has 0 amide bonds. The molecule has 160 valence electrons. The number of pyridine rings is 1. The molecular weight excluding hydrogens is 447 g/mol. The van der Waals surface area contributed by atoms with Crippen molar-refractivity contribution < 1.29 is 13.1 Å². The maximum absolute atomic E-state index is 13.3. The van der Waals surface area contributed by atoms with E-state index in [0.717, 1.165) is 16.5 Å². The Morgan fingerprint density at radius 1 is 1.03 bits per heavy atom. The fraction of sp³-hybridized carbons (Fsp3) is 0.286. The van der Waals surface area contributed by atoms with E-state index in [2.05, 4.69) is 0 Å². The summed E-state index contributed by atoms with van der Waals surface area (Å²) >= 11 is 5.95. The number of halogens is 2. The van der Waals surface area contributed by atoms with E-state index in [1.54, 1.807) is 9.47 Å². The maximum atomic E-state index is 13.3. The van der Waals surface area contributed by atoms with Gasteiger partial charge in [-0.3, -0.25) is 13.5 Å². The molecule has 2 aromatic carbocycles. The molecule has 0 aliphatic rings. The van der Waals surface area contributed by atoms with Gasteiger partial charge in [-0.1, -0.05) is 48.5 Å². The maximum Gasteiger partial charge on any atom is 0.276 e. The van der Waals surface area contributed by atoms with Gasteiger partial charge in [0, 0.05) is 35.0 Å². The lowest BCUT2D eigenvalue weighted by Gasteiger charge is -2.24. The highest BCUT2D eigenvalue weighted by molar-refractivity contribution is 8.04. The summed E-state index contributed by atoms with van der Waals surface area (Å²) in [7, 11) is 3.46. The SMILES string of the molecule is O=c1c(N(CCCl)CCOS(=O)Cl)cc2ccccc2n1COCc1ccccc1. The van der Waals surface area contributed by atoms with Crippen molar-refractivity contribution in [3.05, 3.63) is 76.6 Å². The molecule has 1 atom stereocenters. The van der Waals surface area contributed by atoms with Gasteiger partial charge in [0.1, 0.15) is 12.4 Å². The van der Waals surface area contributed by atoms with E-state index >= 15 is 0 Å². The number of ether oxygens (including phenoxy) is 1. The van der Waals surface area contributed by atoms with Crippen molar-refractivity contribution >= 4 is 49.2 Å². The number of fused-ring (bicyclic) bond motifs is 1. The van der Waals surface area contributed by atoms with Gasteiger partial charge < -0.3 is 9.64 Å². The first-order valence-electron chi connectivity index (χ1n) is 9.36. The molecule has 1 heterocycles. The molecule has 0 fully saturated rings. The van der Waals surface area contributed by atoms with E-state index in [1.165, 1.54) is 0 Å². The molecule has 3 rings (SSSR count). The number of nitrogens with zero attached hydrogens (tertiary/aromatic N) is 2. The van der Waals surface area contributed by atoms with Gasteiger partial charge >= 0.3 is 0 Å². The Morgan fingerprint density at radius 2 is 1.77 bits per heavy atom. The summed E-state index contributed by atoms with van der Waals surface area (Å²) in [6, 6.07) is 19.2. The predicted octanol–water partition coefficient (Wildman–Crippen LogP) is 4.06. The van der Waals surface area contributed by atoms with Gasteiger partial charge in [-0.25, -0.2) is 4.21 Å². The second kappa shape index (κ2) is 11.5. The molecule has 0 saturated carbocycles. The number of alkyl halides is 1. The summed E-state index contributed by atoms with van der Waals surface area (Å²) in [5, 5.41) is 0.900. The molecule has 9 heteroatoms. The van der Waals surface area contributed by atoms with Crippen LogP contribution in [0.5, 0.6) is 0 Å². The van der Waals surface area contributed by atoms with Crippen LogP contribution in [0.4, 0.5) is 5.69 Å². The Labute approximate surface area is 187 Å². The zero-order chi connectivity index (χ0) is 21.3. The van der Waals surface area contributed by atoms with Crippen LogP contribution in [0.15, 0.2) is 65.5 Å². The summed E-state index contributed by atoms with van der Waals surface area (Å²) in [5.74, 6) is 0.320. The minimum absolute atomic E-state index is 0.101. The van der Waals surface area contributed by atoms with Gasteiger partial charge in [-0.05, 0) is 17.7 Å². The van der Waals surface area contributed by atoms with E-state index < -0.39 is 10.3 Å². The molecule has 1 unspecified atom stereocenters. The molecule has 0 spiro atoms. The van der Waals surface area contributed by atoms with Crippen LogP contribution >= 0.6 is 22.3 Å². The minimum atomic E-state index is -1.89. The number of hydrogen-bond donors (Lipinski definition) is 0. The molecular formula is C21H22Cl2N2O4S. The van der Waals surface area contributed by atoms with E-state index in [1.807, 2.05) is 60.7 Å². The summed E-state index contributed by atoms with van der Waals surface area (Å²) in [4.78, 5) is 15.1. The Balaban J connectivity index is 1.89. The Bertz CT molecular complexity index is 1050. The third-order valence-corrected chi connectivity index (χ3v) is 5.34. The van der Waals surface area contributed by atoms with Crippen LogP contribution in [0.25, 0.3) is 10.9 Å². The molecule has 0 aliphatic heterocycles. The zero-order valence-electron chi connectivity index (χ0n) is 16.2. The number of hydrogen-bond acceptors (Lipinski definition) is 5. The van der Waals surface area contributed by atoms with Gasteiger partial charge in [0.15, 0.2) is 0 Å². The molecule has 0 radical (unpaired) electrons. The normalized spacial score (nSPS) is 12.2. The van der Waals surface area contributed by atoms with Crippen LogP contribution in [0, 0.1) is 0 Å². The summed E-state index contributed by atoms with van der Waals surface area (Å²) in [6.07, 6.45) is 0. The van der Waals surface area contributed by atoms with E-state index in [4.69, 9.17) is 31.2 Å². The van der Waals surface area contributed by atoms with Crippen LogP contribution < -0.4 is 10.5 Å². The lowest BCUT2D eigenvalue weighted by atomic mass is 10.2. The Kier molecular flexibility index (Phi) is 8.72. The van der Waals surface area contributed by atoms with E-state index in [9.17, 15) is 9.00 Å². The molecule has 0 N–H and O–H groups in total. The van der Waals surface area contributed by atoms with Crippen LogP contribution in [0.3, 0.4) is 0 Å². The molecule has 0 aliphatic carbocycles. The first-order valence-corrected chi connectivity index (χ1v) is 11.8. The molecule has 30 heavy (non-hydrogen) atoms. The topological polar surface area (TPSA) is 60.8 Å². The second-order valence-corrected chi connectivity index (χ2v) is 8.23.